The van der Waals surface area contributed by atoms with Crippen LogP contribution < -0.4 is 14.2 Å². The molecule has 2 heterocycles. The molecule has 0 amide bonds. The number of nitrogens with zero attached hydrogens (tertiary/aromatic N) is 1. The summed E-state index contributed by atoms with van der Waals surface area (Å²) in [6, 6.07) is 3.87. The zero-order chi connectivity index (χ0) is 14.8. The molecule has 1 unspecified atom stereocenters. The number of rotatable bonds is 4. The van der Waals surface area contributed by atoms with E-state index in [9.17, 15) is 4.79 Å². The average Bonchev–Trinajstić information content (AvgIpc) is 2.95. The second-order valence-corrected chi connectivity index (χ2v) is 5.44. The molecular formula is C15H19NO5. The van der Waals surface area contributed by atoms with E-state index in [1.165, 1.54) is 0 Å². The van der Waals surface area contributed by atoms with Crippen LogP contribution in [0.3, 0.4) is 0 Å². The fourth-order valence-corrected chi connectivity index (χ4v) is 2.93. The van der Waals surface area contributed by atoms with Crippen molar-refractivity contribution in [2.75, 3.05) is 27.0 Å². The van der Waals surface area contributed by atoms with Gasteiger partial charge in [0.2, 0.25) is 12.5 Å². The normalized spacial score (nSPS) is 21.3. The number of hydrogen-bond acceptors (Lipinski definition) is 5. The van der Waals surface area contributed by atoms with Gasteiger partial charge in [0.15, 0.2) is 11.5 Å². The maximum absolute atomic E-state index is 11.1. The molecule has 1 fully saturated rings. The van der Waals surface area contributed by atoms with Gasteiger partial charge < -0.3 is 19.3 Å². The van der Waals surface area contributed by atoms with Gasteiger partial charge in [-0.15, -0.1) is 0 Å². The molecule has 0 aliphatic carbocycles. The lowest BCUT2D eigenvalue weighted by Crippen LogP contribution is -2.38. The molecule has 0 radical (unpaired) electrons. The zero-order valence-corrected chi connectivity index (χ0v) is 12.0. The summed E-state index contributed by atoms with van der Waals surface area (Å²) in [5.74, 6) is 1.02. The van der Waals surface area contributed by atoms with Crippen molar-refractivity contribution in [1.82, 2.24) is 4.90 Å². The van der Waals surface area contributed by atoms with Gasteiger partial charge in [0.25, 0.3) is 0 Å². The highest BCUT2D eigenvalue weighted by molar-refractivity contribution is 5.70. The molecule has 1 N–H and O–H groups in total. The molecule has 2 aliphatic rings. The van der Waals surface area contributed by atoms with Crippen molar-refractivity contribution in [3.8, 4) is 17.2 Å². The van der Waals surface area contributed by atoms with E-state index < -0.39 is 5.97 Å². The smallest absolute Gasteiger partial charge is 0.307 e. The predicted molar refractivity (Wildman–Crippen MR) is 74.8 cm³/mol. The number of aliphatic carboxylic acids is 1. The van der Waals surface area contributed by atoms with Crippen molar-refractivity contribution in [3.05, 3.63) is 17.7 Å². The summed E-state index contributed by atoms with van der Waals surface area (Å²) in [5.41, 5.74) is 1.04. The van der Waals surface area contributed by atoms with Crippen LogP contribution in [0.25, 0.3) is 0 Å². The molecule has 1 saturated heterocycles. The maximum atomic E-state index is 11.1. The van der Waals surface area contributed by atoms with E-state index >= 15 is 0 Å². The van der Waals surface area contributed by atoms with Crippen LogP contribution in [0.4, 0.5) is 0 Å². The number of carboxylic acids is 1. The fourth-order valence-electron chi connectivity index (χ4n) is 2.93. The highest BCUT2D eigenvalue weighted by Gasteiger charge is 2.26. The molecule has 6 nitrogen and oxygen atoms in total. The van der Waals surface area contributed by atoms with E-state index in [1.54, 1.807) is 7.11 Å². The number of carbonyl (C=O) groups is 1. The zero-order valence-electron chi connectivity index (χ0n) is 12.0. The van der Waals surface area contributed by atoms with Crippen molar-refractivity contribution in [3.63, 3.8) is 0 Å². The number of carboxylic acid groups (broad SMARTS) is 1. The molecule has 3 rings (SSSR count). The van der Waals surface area contributed by atoms with Crippen LogP contribution in [-0.2, 0) is 11.3 Å². The lowest BCUT2D eigenvalue weighted by molar-refractivity contribution is -0.143. The number of fused-ring (bicyclic) bond motifs is 1. The van der Waals surface area contributed by atoms with Gasteiger partial charge in [-0.25, -0.2) is 0 Å². The highest BCUT2D eigenvalue weighted by atomic mass is 16.7. The van der Waals surface area contributed by atoms with Crippen molar-refractivity contribution in [1.29, 1.82) is 0 Å². The van der Waals surface area contributed by atoms with E-state index in [2.05, 4.69) is 4.90 Å². The molecule has 0 aromatic heterocycles. The van der Waals surface area contributed by atoms with E-state index in [4.69, 9.17) is 19.3 Å². The Bertz CT molecular complexity index is 545. The number of piperidine rings is 1. The molecule has 1 aromatic carbocycles. The molecule has 21 heavy (non-hydrogen) atoms. The first kappa shape index (κ1) is 14.0. The molecule has 114 valence electrons. The highest BCUT2D eigenvalue weighted by Crippen LogP contribution is 2.42. The Kier molecular flexibility index (Phi) is 3.88. The summed E-state index contributed by atoms with van der Waals surface area (Å²) in [5, 5.41) is 9.15. The first-order valence-corrected chi connectivity index (χ1v) is 7.09. The standard InChI is InChI=1S/C15H19NO5/c1-19-12-5-10(6-13-14(12)21-9-20-13)7-16-4-2-3-11(8-16)15(17)18/h5-6,11H,2-4,7-9H2,1H3,(H,17,18). The van der Waals surface area contributed by atoms with Crippen LogP contribution in [0.15, 0.2) is 12.1 Å². The van der Waals surface area contributed by atoms with Gasteiger partial charge in [0.1, 0.15) is 0 Å². The van der Waals surface area contributed by atoms with Crippen molar-refractivity contribution in [2.45, 2.75) is 19.4 Å². The van der Waals surface area contributed by atoms with Crippen LogP contribution in [0, 0.1) is 5.92 Å². The van der Waals surface area contributed by atoms with Gasteiger partial charge in [-0.05, 0) is 37.1 Å². The van der Waals surface area contributed by atoms with Gasteiger partial charge in [-0.1, -0.05) is 0 Å². The summed E-state index contributed by atoms with van der Waals surface area (Å²) in [7, 11) is 1.60. The predicted octanol–water partition coefficient (Wildman–Crippen LogP) is 1.72. The molecule has 0 bridgehead atoms. The average molecular weight is 293 g/mol. The maximum Gasteiger partial charge on any atom is 0.307 e. The minimum Gasteiger partial charge on any atom is -0.493 e. The summed E-state index contributed by atoms with van der Waals surface area (Å²) < 4.78 is 16.1. The second-order valence-electron chi connectivity index (χ2n) is 5.44. The topological polar surface area (TPSA) is 68.2 Å². The number of benzene rings is 1. The first-order valence-electron chi connectivity index (χ1n) is 7.09. The summed E-state index contributed by atoms with van der Waals surface area (Å²) in [6.45, 7) is 2.41. The van der Waals surface area contributed by atoms with Crippen molar-refractivity contribution < 1.29 is 24.1 Å². The summed E-state index contributed by atoms with van der Waals surface area (Å²) in [6.07, 6.45) is 1.68. The largest absolute Gasteiger partial charge is 0.493 e. The van der Waals surface area contributed by atoms with Crippen LogP contribution in [-0.4, -0.2) is 43.0 Å². The quantitative estimate of drug-likeness (QED) is 0.911. The summed E-state index contributed by atoms with van der Waals surface area (Å²) in [4.78, 5) is 13.3. The molecule has 1 aromatic rings. The van der Waals surface area contributed by atoms with Gasteiger partial charge in [-0.2, -0.15) is 0 Å². The van der Waals surface area contributed by atoms with E-state index in [0.29, 0.717) is 30.3 Å². The van der Waals surface area contributed by atoms with E-state index in [1.807, 2.05) is 12.1 Å². The van der Waals surface area contributed by atoms with Gasteiger partial charge >= 0.3 is 5.97 Å². The van der Waals surface area contributed by atoms with Crippen LogP contribution in [0.1, 0.15) is 18.4 Å². The summed E-state index contributed by atoms with van der Waals surface area (Å²) >= 11 is 0. The second kappa shape index (κ2) is 5.81. The Morgan fingerprint density at radius 2 is 2.33 bits per heavy atom. The van der Waals surface area contributed by atoms with Gasteiger partial charge in [0, 0.05) is 13.1 Å². The van der Waals surface area contributed by atoms with Crippen LogP contribution in [0.2, 0.25) is 0 Å². The number of likely N-dealkylation sites (tertiary alicyclic amines) is 1. The lowest BCUT2D eigenvalue weighted by atomic mass is 9.98. The molecule has 0 saturated carbocycles. The number of ether oxygens (including phenoxy) is 3. The van der Waals surface area contributed by atoms with Crippen molar-refractivity contribution in [2.24, 2.45) is 5.92 Å². The van der Waals surface area contributed by atoms with Crippen LogP contribution in [0.5, 0.6) is 17.2 Å². The Morgan fingerprint density at radius 1 is 1.48 bits per heavy atom. The number of hydrogen-bond donors (Lipinski definition) is 1. The molecule has 0 spiro atoms. The Labute approximate surface area is 123 Å². The fraction of sp³-hybridized carbons (Fsp3) is 0.533. The van der Waals surface area contributed by atoms with E-state index in [0.717, 1.165) is 24.9 Å². The minimum atomic E-state index is -0.706. The molecule has 2 aliphatic heterocycles. The molecular weight excluding hydrogens is 274 g/mol. The van der Waals surface area contributed by atoms with Gasteiger partial charge in [-0.3, -0.25) is 9.69 Å². The minimum absolute atomic E-state index is 0.208. The Hall–Kier alpha value is -1.95. The lowest BCUT2D eigenvalue weighted by Gasteiger charge is -2.30. The molecule has 6 heteroatoms. The van der Waals surface area contributed by atoms with E-state index in [-0.39, 0.29) is 12.7 Å². The molecule has 1 atom stereocenters. The SMILES string of the molecule is COc1cc(CN2CCCC(C(=O)O)C2)cc2c1OCO2. The Morgan fingerprint density at radius 3 is 3.10 bits per heavy atom. The third-order valence-electron chi connectivity index (χ3n) is 3.98. The van der Waals surface area contributed by atoms with Crippen molar-refractivity contribution >= 4 is 5.97 Å². The Balaban J connectivity index is 1.74. The van der Waals surface area contributed by atoms with Crippen LogP contribution >= 0.6 is 0 Å². The third-order valence-corrected chi connectivity index (χ3v) is 3.98. The number of methoxy groups -OCH3 is 1. The monoisotopic (exact) mass is 293 g/mol. The third kappa shape index (κ3) is 2.90. The van der Waals surface area contributed by atoms with Gasteiger partial charge in [0.05, 0.1) is 13.0 Å². The first-order chi connectivity index (χ1) is 10.2.